The molecule has 0 unspecified atom stereocenters. The van der Waals surface area contributed by atoms with Crippen LogP contribution < -0.4 is 5.32 Å². The largest absolute Gasteiger partial charge is 0.365 e. The van der Waals surface area contributed by atoms with Gasteiger partial charge in [-0.3, -0.25) is 0 Å². The minimum atomic E-state index is 0.495. The fourth-order valence-corrected chi connectivity index (χ4v) is 2.22. The van der Waals surface area contributed by atoms with Crippen LogP contribution in [-0.2, 0) is 6.54 Å². The van der Waals surface area contributed by atoms with Gasteiger partial charge in [-0.15, -0.1) is 0 Å². The molecule has 1 heterocycles. The second kappa shape index (κ2) is 5.20. The Morgan fingerprint density at radius 1 is 1.00 bits per heavy atom. The van der Waals surface area contributed by atoms with Gasteiger partial charge in [-0.1, -0.05) is 42.5 Å². The molecule has 0 saturated heterocycles. The Hall–Kier alpha value is -2.20. The number of aromatic amines is 1. The Morgan fingerprint density at radius 2 is 1.74 bits per heavy atom. The van der Waals surface area contributed by atoms with Crippen LogP contribution in [-0.4, -0.2) is 9.97 Å². The Bertz CT molecular complexity index is 750. The Kier molecular flexibility index (Phi) is 3.25. The highest BCUT2D eigenvalue weighted by atomic mass is 32.1. The summed E-state index contributed by atoms with van der Waals surface area (Å²) in [5, 5.41) is 4.40. The van der Waals surface area contributed by atoms with Crippen molar-refractivity contribution in [3.63, 3.8) is 0 Å². The van der Waals surface area contributed by atoms with Crippen molar-refractivity contribution in [1.29, 1.82) is 0 Å². The van der Waals surface area contributed by atoms with Gasteiger partial charge in [-0.25, -0.2) is 4.98 Å². The summed E-state index contributed by atoms with van der Waals surface area (Å²) in [6, 6.07) is 18.2. The fraction of sp³-hybridized carbons (Fsp3) is 0.0667. The van der Waals surface area contributed by atoms with E-state index in [9.17, 15) is 0 Å². The number of H-pyrrole nitrogens is 1. The van der Waals surface area contributed by atoms with Crippen LogP contribution in [0.5, 0.6) is 0 Å². The van der Waals surface area contributed by atoms with E-state index in [0.717, 1.165) is 23.3 Å². The van der Waals surface area contributed by atoms with E-state index in [1.54, 1.807) is 0 Å². The SMILES string of the molecule is S=c1nc(NCc2ccccc2)c2ccccc2[nH]1. The van der Waals surface area contributed by atoms with E-state index in [0.29, 0.717) is 4.77 Å². The molecule has 0 spiro atoms. The molecular formula is C15H13N3S. The minimum Gasteiger partial charge on any atom is -0.365 e. The second-order valence-electron chi connectivity index (χ2n) is 4.28. The lowest BCUT2D eigenvalue weighted by molar-refractivity contribution is 1.09. The van der Waals surface area contributed by atoms with E-state index in [2.05, 4.69) is 27.4 Å². The van der Waals surface area contributed by atoms with Crippen LogP contribution in [0.15, 0.2) is 54.6 Å². The molecule has 94 valence electrons. The van der Waals surface area contributed by atoms with E-state index in [1.807, 2.05) is 42.5 Å². The molecule has 3 aromatic rings. The van der Waals surface area contributed by atoms with Crippen LogP contribution in [0.1, 0.15) is 5.56 Å². The molecule has 4 heteroatoms. The Morgan fingerprint density at radius 3 is 2.58 bits per heavy atom. The zero-order valence-corrected chi connectivity index (χ0v) is 11.1. The summed E-state index contributed by atoms with van der Waals surface area (Å²) >= 11 is 5.15. The summed E-state index contributed by atoms with van der Waals surface area (Å²) in [5.41, 5.74) is 2.21. The fourth-order valence-electron chi connectivity index (χ4n) is 2.02. The first-order valence-corrected chi connectivity index (χ1v) is 6.50. The highest BCUT2D eigenvalue weighted by Gasteiger charge is 2.02. The van der Waals surface area contributed by atoms with Gasteiger partial charge >= 0.3 is 0 Å². The van der Waals surface area contributed by atoms with Crippen LogP contribution in [0.25, 0.3) is 10.9 Å². The smallest absolute Gasteiger partial charge is 0.199 e. The molecule has 19 heavy (non-hydrogen) atoms. The maximum absolute atomic E-state index is 5.15. The molecule has 0 amide bonds. The highest BCUT2D eigenvalue weighted by Crippen LogP contribution is 2.19. The predicted octanol–water partition coefficient (Wildman–Crippen LogP) is 3.90. The minimum absolute atomic E-state index is 0.495. The molecule has 0 aliphatic heterocycles. The van der Waals surface area contributed by atoms with Gasteiger partial charge in [-0.2, -0.15) is 0 Å². The molecule has 1 aromatic heterocycles. The van der Waals surface area contributed by atoms with Crippen molar-refractivity contribution in [2.45, 2.75) is 6.54 Å². The van der Waals surface area contributed by atoms with Gasteiger partial charge in [0.2, 0.25) is 0 Å². The van der Waals surface area contributed by atoms with Crippen molar-refractivity contribution in [2.24, 2.45) is 0 Å². The molecule has 0 aliphatic rings. The molecule has 0 aliphatic carbocycles. The maximum atomic E-state index is 5.15. The molecule has 0 atom stereocenters. The van der Waals surface area contributed by atoms with E-state index >= 15 is 0 Å². The highest BCUT2D eigenvalue weighted by molar-refractivity contribution is 7.71. The molecule has 3 nitrogen and oxygen atoms in total. The number of hydrogen-bond donors (Lipinski definition) is 2. The van der Waals surface area contributed by atoms with Crippen molar-refractivity contribution in [3.8, 4) is 0 Å². The molecule has 0 bridgehead atoms. The van der Waals surface area contributed by atoms with E-state index in [-0.39, 0.29) is 0 Å². The van der Waals surface area contributed by atoms with Crippen LogP contribution in [0.3, 0.4) is 0 Å². The number of benzene rings is 2. The molecule has 2 N–H and O–H groups in total. The summed E-state index contributed by atoms with van der Waals surface area (Å²) in [5.74, 6) is 0.822. The molecule has 0 saturated carbocycles. The number of para-hydroxylation sites is 1. The van der Waals surface area contributed by atoms with Crippen LogP contribution in [0.4, 0.5) is 5.82 Å². The number of rotatable bonds is 3. The predicted molar refractivity (Wildman–Crippen MR) is 80.7 cm³/mol. The third-order valence-corrected chi connectivity index (χ3v) is 3.13. The van der Waals surface area contributed by atoms with Gasteiger partial charge in [0, 0.05) is 11.9 Å². The van der Waals surface area contributed by atoms with Crippen LogP contribution in [0.2, 0.25) is 0 Å². The second-order valence-corrected chi connectivity index (χ2v) is 4.66. The van der Waals surface area contributed by atoms with Gasteiger partial charge < -0.3 is 10.3 Å². The first kappa shape index (κ1) is 11.9. The number of hydrogen-bond acceptors (Lipinski definition) is 3. The summed E-state index contributed by atoms with van der Waals surface area (Å²) in [6.45, 7) is 0.733. The van der Waals surface area contributed by atoms with E-state index < -0.39 is 0 Å². The summed E-state index contributed by atoms with van der Waals surface area (Å²) in [7, 11) is 0. The van der Waals surface area contributed by atoms with Gasteiger partial charge in [0.25, 0.3) is 0 Å². The Balaban J connectivity index is 1.94. The van der Waals surface area contributed by atoms with Crippen molar-refractivity contribution < 1.29 is 0 Å². The lowest BCUT2D eigenvalue weighted by Gasteiger charge is -2.08. The van der Waals surface area contributed by atoms with Crippen molar-refractivity contribution in [3.05, 3.63) is 64.9 Å². The van der Waals surface area contributed by atoms with Gasteiger partial charge in [0.15, 0.2) is 4.77 Å². The summed E-state index contributed by atoms with van der Waals surface area (Å²) in [4.78, 5) is 7.46. The van der Waals surface area contributed by atoms with E-state index in [1.165, 1.54) is 5.56 Å². The topological polar surface area (TPSA) is 40.7 Å². The maximum Gasteiger partial charge on any atom is 0.199 e. The number of anilines is 1. The average Bonchev–Trinajstić information content (AvgIpc) is 2.45. The quantitative estimate of drug-likeness (QED) is 0.707. The van der Waals surface area contributed by atoms with Crippen LogP contribution >= 0.6 is 12.2 Å². The zero-order chi connectivity index (χ0) is 13.1. The van der Waals surface area contributed by atoms with Gasteiger partial charge in [0.05, 0.1) is 5.52 Å². The van der Waals surface area contributed by atoms with Crippen molar-refractivity contribution in [2.75, 3.05) is 5.32 Å². The molecule has 0 fully saturated rings. The van der Waals surface area contributed by atoms with Crippen molar-refractivity contribution in [1.82, 2.24) is 9.97 Å². The third-order valence-electron chi connectivity index (χ3n) is 2.94. The number of fused-ring (bicyclic) bond motifs is 1. The van der Waals surface area contributed by atoms with E-state index in [4.69, 9.17) is 12.2 Å². The molecule has 3 rings (SSSR count). The first-order chi connectivity index (χ1) is 9.33. The normalized spacial score (nSPS) is 10.5. The number of nitrogens with zero attached hydrogens (tertiary/aromatic N) is 1. The summed E-state index contributed by atoms with van der Waals surface area (Å²) < 4.78 is 0.495. The van der Waals surface area contributed by atoms with Crippen LogP contribution in [0, 0.1) is 4.77 Å². The van der Waals surface area contributed by atoms with Crippen molar-refractivity contribution >= 4 is 28.9 Å². The third kappa shape index (κ3) is 2.63. The lowest BCUT2D eigenvalue weighted by Crippen LogP contribution is -2.02. The first-order valence-electron chi connectivity index (χ1n) is 6.10. The molecular weight excluding hydrogens is 254 g/mol. The van der Waals surface area contributed by atoms with Gasteiger partial charge in [0.1, 0.15) is 5.82 Å². The monoisotopic (exact) mass is 267 g/mol. The standard InChI is InChI=1S/C15H13N3S/c19-15-17-13-9-5-4-8-12(13)14(18-15)16-10-11-6-2-1-3-7-11/h1-9H,10H2,(H2,16,17,18,19). The van der Waals surface area contributed by atoms with Gasteiger partial charge in [-0.05, 0) is 29.9 Å². The molecule has 0 radical (unpaired) electrons. The molecule has 2 aromatic carbocycles. The number of aromatic nitrogens is 2. The number of nitrogens with one attached hydrogen (secondary N) is 2. The zero-order valence-electron chi connectivity index (χ0n) is 10.3. The average molecular weight is 267 g/mol. The lowest BCUT2D eigenvalue weighted by atomic mass is 10.2. The summed E-state index contributed by atoms with van der Waals surface area (Å²) in [6.07, 6.45) is 0. The Labute approximate surface area is 116 Å².